The van der Waals surface area contributed by atoms with Crippen molar-refractivity contribution in [3.05, 3.63) is 29.8 Å². The fourth-order valence-electron chi connectivity index (χ4n) is 12.9. The van der Waals surface area contributed by atoms with Gasteiger partial charge in [0.25, 0.3) is 0 Å². The largest absolute Gasteiger partial charge is 0.461 e. The minimum Gasteiger partial charge on any atom is -0.461 e. The number of imide groups is 1. The minimum absolute atomic E-state index is 0.0130. The summed E-state index contributed by atoms with van der Waals surface area (Å²) in [6.45, 7) is 4.71. The minimum atomic E-state index is -1.77. The van der Waals surface area contributed by atoms with Gasteiger partial charge >= 0.3 is 5.97 Å². The molecular formula is C36H48N2O10. The first-order valence-electron chi connectivity index (χ1n) is 17.5. The first kappa shape index (κ1) is 32.7. The van der Waals surface area contributed by atoms with E-state index in [4.69, 9.17) is 18.9 Å². The van der Waals surface area contributed by atoms with E-state index in [1.54, 1.807) is 52.5 Å². The molecule has 5 aliphatic carbocycles. The average Bonchev–Trinajstić information content (AvgIpc) is 3.61. The van der Waals surface area contributed by atoms with Crippen LogP contribution in [0.4, 0.5) is 5.69 Å². The zero-order valence-corrected chi connectivity index (χ0v) is 28.3. The topological polar surface area (TPSA) is 155 Å². The van der Waals surface area contributed by atoms with Crippen molar-refractivity contribution in [3.8, 4) is 0 Å². The summed E-state index contributed by atoms with van der Waals surface area (Å²) in [4.78, 5) is 43.0. The summed E-state index contributed by atoms with van der Waals surface area (Å²) < 4.78 is 24.6. The van der Waals surface area contributed by atoms with E-state index < -0.39 is 64.0 Å². The maximum Gasteiger partial charge on any atom is 0.340 e. The molecule has 3 N–H and O–H groups in total. The van der Waals surface area contributed by atoms with Gasteiger partial charge in [-0.2, -0.15) is 0 Å². The predicted molar refractivity (Wildman–Crippen MR) is 170 cm³/mol. The molecule has 0 aromatic heterocycles. The highest BCUT2D eigenvalue weighted by atomic mass is 16.5. The van der Waals surface area contributed by atoms with Gasteiger partial charge < -0.3 is 34.3 Å². The summed E-state index contributed by atoms with van der Waals surface area (Å²) in [5, 5.41) is 38.6. The maximum absolute atomic E-state index is 14.0. The number of carbonyl (C=O) groups is 3. The number of hydrogen-bond acceptors (Lipinski definition) is 11. The Hall–Kier alpha value is -2.45. The molecule has 14 unspecified atom stereocenters. The molecule has 7 bridgehead atoms. The van der Waals surface area contributed by atoms with Crippen molar-refractivity contribution in [2.45, 2.75) is 87.6 Å². The van der Waals surface area contributed by atoms with E-state index in [0.717, 1.165) is 4.90 Å². The van der Waals surface area contributed by atoms with Crippen molar-refractivity contribution in [2.75, 3.05) is 45.9 Å². The lowest BCUT2D eigenvalue weighted by atomic mass is 9.42. The molecule has 1 aromatic rings. The van der Waals surface area contributed by atoms with Crippen molar-refractivity contribution in [1.29, 1.82) is 0 Å². The normalized spacial score (nSPS) is 48.7. The molecule has 48 heavy (non-hydrogen) atoms. The summed E-state index contributed by atoms with van der Waals surface area (Å²) >= 11 is 0. The average molecular weight is 669 g/mol. The van der Waals surface area contributed by atoms with Crippen LogP contribution >= 0.6 is 0 Å². The molecule has 7 fully saturated rings. The van der Waals surface area contributed by atoms with Gasteiger partial charge in [0.05, 0.1) is 48.3 Å². The number of ether oxygens (including phenoxy) is 4. The zero-order chi connectivity index (χ0) is 34.1. The molecule has 14 atom stereocenters. The van der Waals surface area contributed by atoms with Gasteiger partial charge in [-0.05, 0) is 43.9 Å². The standard InChI is InChI=1S/C36H48N2O10/c1-6-37-16-33(17-48-31(42)19-9-7-8-10-22(19)38-25(40)13-18(2)30(38)41)12-11-24(39)35-21-14-20-23(45-3)15-34(43,26(21)27(20)46-4)36(44,32(35)37)29(47-5)28(33)35/h7-10,18,20-21,23-24,26-29,32,39,43-44H,6,11-17H2,1-5H3. The van der Waals surface area contributed by atoms with Gasteiger partial charge in [-0.1, -0.05) is 26.0 Å². The molecular weight excluding hydrogens is 620 g/mol. The molecule has 7 aliphatic rings. The molecule has 5 saturated carbocycles. The molecule has 2 aliphatic heterocycles. The number of esters is 1. The Morgan fingerprint density at radius 2 is 1.83 bits per heavy atom. The first-order chi connectivity index (χ1) is 22.9. The number of benzene rings is 1. The summed E-state index contributed by atoms with van der Waals surface area (Å²) in [5.41, 5.74) is -4.67. The third-order valence-corrected chi connectivity index (χ3v) is 14.3. The van der Waals surface area contributed by atoms with Crippen LogP contribution in [0.25, 0.3) is 0 Å². The third-order valence-electron chi connectivity index (χ3n) is 14.3. The summed E-state index contributed by atoms with van der Waals surface area (Å²) in [6, 6.07) is 5.91. The number of fused-ring (bicyclic) bond motifs is 2. The molecule has 2 heterocycles. The van der Waals surface area contributed by atoms with E-state index in [1.807, 2.05) is 6.92 Å². The number of amides is 2. The Morgan fingerprint density at radius 1 is 1.08 bits per heavy atom. The number of para-hydroxylation sites is 1. The summed E-state index contributed by atoms with van der Waals surface area (Å²) in [5.74, 6) is -2.94. The van der Waals surface area contributed by atoms with Gasteiger partial charge in [0, 0.05) is 75.2 Å². The lowest BCUT2D eigenvalue weighted by Crippen LogP contribution is -2.82. The number of aliphatic hydroxyl groups is 3. The van der Waals surface area contributed by atoms with Crippen LogP contribution in [0.15, 0.2) is 24.3 Å². The number of methoxy groups -OCH3 is 3. The van der Waals surface area contributed by atoms with Crippen LogP contribution in [-0.4, -0.2) is 121 Å². The Labute approximate surface area is 280 Å². The van der Waals surface area contributed by atoms with Crippen molar-refractivity contribution < 1.29 is 48.7 Å². The van der Waals surface area contributed by atoms with Crippen LogP contribution in [0, 0.1) is 40.4 Å². The Kier molecular flexibility index (Phi) is 7.35. The Balaban J connectivity index is 1.22. The quantitative estimate of drug-likeness (QED) is 0.272. The fourth-order valence-corrected chi connectivity index (χ4v) is 12.9. The van der Waals surface area contributed by atoms with Gasteiger partial charge in [0.1, 0.15) is 11.2 Å². The number of likely N-dealkylation sites (tertiary alicyclic amines) is 1. The molecule has 8 rings (SSSR count). The number of aliphatic hydroxyl groups excluding tert-OH is 1. The molecule has 1 aromatic carbocycles. The number of hydrogen-bond donors (Lipinski definition) is 3. The van der Waals surface area contributed by atoms with E-state index in [1.165, 1.54) is 0 Å². The van der Waals surface area contributed by atoms with Crippen LogP contribution in [0.5, 0.6) is 0 Å². The zero-order valence-electron chi connectivity index (χ0n) is 28.3. The van der Waals surface area contributed by atoms with E-state index in [9.17, 15) is 29.7 Å². The van der Waals surface area contributed by atoms with Gasteiger partial charge in [-0.15, -0.1) is 0 Å². The molecule has 2 amide bonds. The highest BCUT2D eigenvalue weighted by molar-refractivity contribution is 6.22. The smallest absolute Gasteiger partial charge is 0.340 e. The van der Waals surface area contributed by atoms with Gasteiger partial charge in [-0.3, -0.25) is 14.5 Å². The molecule has 0 radical (unpaired) electrons. The number of anilines is 1. The number of nitrogens with zero attached hydrogens (tertiary/aromatic N) is 2. The first-order valence-corrected chi connectivity index (χ1v) is 17.5. The fraction of sp³-hybridized carbons (Fsp3) is 0.750. The van der Waals surface area contributed by atoms with Crippen LogP contribution in [-0.2, 0) is 28.5 Å². The molecule has 12 nitrogen and oxygen atoms in total. The highest BCUT2D eigenvalue weighted by Crippen LogP contribution is 2.80. The van der Waals surface area contributed by atoms with E-state index >= 15 is 0 Å². The third kappa shape index (κ3) is 3.62. The maximum atomic E-state index is 14.0. The SMILES string of the molecule is CCN1CC2(COC(=O)c3ccccc3N3C(=O)CC(C)C3=O)CCC(O)C34C5CC6C(OC)CC(O)(C5C6OC)C(O)(C(OC)C23)C14. The second-order valence-electron chi connectivity index (χ2n) is 15.7. The van der Waals surface area contributed by atoms with E-state index in [0.29, 0.717) is 32.4 Å². The molecule has 2 saturated heterocycles. The monoisotopic (exact) mass is 668 g/mol. The van der Waals surface area contributed by atoms with Crippen LogP contribution in [0.3, 0.4) is 0 Å². The molecule has 12 heteroatoms. The van der Waals surface area contributed by atoms with Crippen LogP contribution in [0.2, 0.25) is 0 Å². The van der Waals surface area contributed by atoms with Crippen LogP contribution < -0.4 is 4.90 Å². The number of carbonyl (C=O) groups excluding carboxylic acids is 3. The van der Waals surface area contributed by atoms with E-state index in [2.05, 4.69) is 4.90 Å². The predicted octanol–water partition coefficient (Wildman–Crippen LogP) is 1.38. The van der Waals surface area contributed by atoms with Gasteiger partial charge in [0.2, 0.25) is 11.8 Å². The highest BCUT2D eigenvalue weighted by Gasteiger charge is 2.91. The van der Waals surface area contributed by atoms with Crippen molar-refractivity contribution in [3.63, 3.8) is 0 Å². The van der Waals surface area contributed by atoms with Gasteiger partial charge in [-0.25, -0.2) is 9.69 Å². The number of piperidine rings is 1. The Morgan fingerprint density at radius 3 is 2.48 bits per heavy atom. The Bertz CT molecular complexity index is 1540. The van der Waals surface area contributed by atoms with Gasteiger partial charge in [0.15, 0.2) is 0 Å². The second kappa shape index (κ2) is 10.8. The summed E-state index contributed by atoms with van der Waals surface area (Å²) in [7, 11) is 4.84. The van der Waals surface area contributed by atoms with Crippen molar-refractivity contribution >= 4 is 23.5 Å². The molecule has 262 valence electrons. The lowest BCUT2D eigenvalue weighted by molar-refractivity contribution is -0.318. The van der Waals surface area contributed by atoms with Crippen molar-refractivity contribution in [1.82, 2.24) is 4.90 Å². The lowest BCUT2D eigenvalue weighted by Gasteiger charge is -2.69. The molecule has 1 spiro atoms. The number of likely N-dealkylation sites (N-methyl/N-ethyl adjacent to an activating group) is 1. The summed E-state index contributed by atoms with van der Waals surface area (Å²) in [6.07, 6.45) is -0.440. The second-order valence-corrected chi connectivity index (χ2v) is 15.7. The van der Waals surface area contributed by atoms with Crippen LogP contribution in [0.1, 0.15) is 56.3 Å². The van der Waals surface area contributed by atoms with E-state index in [-0.39, 0.29) is 66.6 Å². The van der Waals surface area contributed by atoms with Crippen molar-refractivity contribution in [2.24, 2.45) is 40.4 Å². The number of rotatable bonds is 8.